The van der Waals surface area contributed by atoms with Crippen molar-refractivity contribution in [3.05, 3.63) is 64.7 Å². The molecular formula is C20H18FNO4. The molecule has 0 unspecified atom stereocenters. The van der Waals surface area contributed by atoms with Crippen LogP contribution in [0.25, 0.3) is 11.0 Å². The van der Waals surface area contributed by atoms with Crippen LogP contribution >= 0.6 is 0 Å². The van der Waals surface area contributed by atoms with Crippen molar-refractivity contribution in [3.63, 3.8) is 0 Å². The number of furan rings is 1. The zero-order valence-corrected chi connectivity index (χ0v) is 14.7. The molecular weight excluding hydrogens is 337 g/mol. The normalized spacial score (nSPS) is 10.8. The fraction of sp³-hybridized carbons (Fsp3) is 0.200. The van der Waals surface area contributed by atoms with Crippen molar-refractivity contribution in [1.82, 2.24) is 0 Å². The lowest BCUT2D eigenvalue weighted by atomic mass is 10.1. The Bertz CT molecular complexity index is 986. The van der Waals surface area contributed by atoms with Crippen LogP contribution in [0.15, 0.2) is 40.8 Å². The molecule has 0 atom stereocenters. The summed E-state index contributed by atoms with van der Waals surface area (Å²) in [6.45, 7) is 4.92. The van der Waals surface area contributed by atoms with Crippen molar-refractivity contribution >= 4 is 28.5 Å². The van der Waals surface area contributed by atoms with Crippen molar-refractivity contribution in [3.8, 4) is 0 Å². The minimum atomic E-state index is -0.810. The summed E-state index contributed by atoms with van der Waals surface area (Å²) in [6.07, 6.45) is 0. The van der Waals surface area contributed by atoms with Crippen molar-refractivity contribution < 1.29 is 23.1 Å². The van der Waals surface area contributed by atoms with Gasteiger partial charge in [-0.1, -0.05) is 30.3 Å². The van der Waals surface area contributed by atoms with E-state index in [0.29, 0.717) is 16.6 Å². The number of aryl methyl sites for hydroxylation is 3. The molecule has 3 rings (SSSR count). The first-order valence-electron chi connectivity index (χ1n) is 8.09. The number of hydrogen-bond acceptors (Lipinski definition) is 4. The van der Waals surface area contributed by atoms with E-state index in [-0.39, 0.29) is 11.3 Å². The van der Waals surface area contributed by atoms with E-state index in [9.17, 15) is 14.0 Å². The van der Waals surface area contributed by atoms with Crippen LogP contribution in [0.3, 0.4) is 0 Å². The quantitative estimate of drug-likeness (QED) is 0.709. The number of ether oxygens (including phenoxy) is 1. The number of halogens is 1. The van der Waals surface area contributed by atoms with E-state index < -0.39 is 24.3 Å². The Hall–Kier alpha value is -3.15. The predicted molar refractivity (Wildman–Crippen MR) is 95.7 cm³/mol. The van der Waals surface area contributed by atoms with Crippen LogP contribution in [0.1, 0.15) is 27.2 Å². The zero-order chi connectivity index (χ0) is 18.8. The van der Waals surface area contributed by atoms with Gasteiger partial charge >= 0.3 is 5.97 Å². The molecule has 0 aliphatic rings. The Kier molecular flexibility index (Phi) is 4.75. The fourth-order valence-corrected chi connectivity index (χ4v) is 2.79. The van der Waals surface area contributed by atoms with Gasteiger partial charge in [-0.3, -0.25) is 4.79 Å². The van der Waals surface area contributed by atoms with Gasteiger partial charge in [0.1, 0.15) is 0 Å². The van der Waals surface area contributed by atoms with Crippen LogP contribution in [0.4, 0.5) is 10.1 Å². The van der Waals surface area contributed by atoms with Gasteiger partial charge in [-0.05, 0) is 38.0 Å². The maximum atomic E-state index is 13.8. The van der Waals surface area contributed by atoms with E-state index in [2.05, 4.69) is 5.32 Å². The van der Waals surface area contributed by atoms with Crippen LogP contribution in [-0.2, 0) is 9.53 Å². The molecule has 134 valence electrons. The lowest BCUT2D eigenvalue weighted by Crippen LogP contribution is -2.22. The Labute approximate surface area is 149 Å². The van der Waals surface area contributed by atoms with E-state index >= 15 is 0 Å². The number of fused-ring (bicyclic) bond motifs is 1. The van der Waals surface area contributed by atoms with Crippen molar-refractivity contribution in [2.24, 2.45) is 0 Å². The molecule has 3 aromatic rings. The molecule has 0 spiro atoms. The first-order chi connectivity index (χ1) is 12.4. The summed E-state index contributed by atoms with van der Waals surface area (Å²) < 4.78 is 24.1. The summed E-state index contributed by atoms with van der Waals surface area (Å²) in [5, 5.41) is 3.23. The second kappa shape index (κ2) is 7.00. The van der Waals surface area contributed by atoms with E-state index in [1.54, 1.807) is 13.0 Å². The van der Waals surface area contributed by atoms with Gasteiger partial charge < -0.3 is 14.5 Å². The fourth-order valence-electron chi connectivity index (χ4n) is 2.79. The van der Waals surface area contributed by atoms with Crippen LogP contribution in [0.5, 0.6) is 0 Å². The number of rotatable bonds is 4. The first-order valence-corrected chi connectivity index (χ1v) is 8.09. The lowest BCUT2D eigenvalue weighted by molar-refractivity contribution is -0.119. The van der Waals surface area contributed by atoms with E-state index in [1.165, 1.54) is 12.1 Å². The van der Waals surface area contributed by atoms with Gasteiger partial charge in [-0.2, -0.15) is 0 Å². The maximum absolute atomic E-state index is 13.8. The first kappa shape index (κ1) is 17.7. The third-order valence-corrected chi connectivity index (χ3v) is 4.18. The monoisotopic (exact) mass is 355 g/mol. The number of nitrogens with one attached hydrogen (secondary N) is 1. The SMILES string of the molecule is Cc1cccc(C)c1NC(=O)COC(=O)c1oc2c(F)cccc2c1C. The van der Waals surface area contributed by atoms with Gasteiger partial charge in [0.2, 0.25) is 5.76 Å². The number of carbonyl (C=O) groups is 2. The molecule has 0 saturated carbocycles. The molecule has 26 heavy (non-hydrogen) atoms. The van der Waals surface area contributed by atoms with Crippen LogP contribution in [0.2, 0.25) is 0 Å². The highest BCUT2D eigenvalue weighted by molar-refractivity contribution is 5.98. The molecule has 2 aromatic carbocycles. The third kappa shape index (κ3) is 3.31. The van der Waals surface area contributed by atoms with Crippen LogP contribution < -0.4 is 5.32 Å². The molecule has 6 heteroatoms. The van der Waals surface area contributed by atoms with Crippen LogP contribution in [-0.4, -0.2) is 18.5 Å². The van der Waals surface area contributed by atoms with Gasteiger partial charge in [-0.15, -0.1) is 0 Å². The summed E-state index contributed by atoms with van der Waals surface area (Å²) >= 11 is 0. The Morgan fingerprint density at radius 3 is 2.38 bits per heavy atom. The topological polar surface area (TPSA) is 68.5 Å². The molecule has 0 fully saturated rings. The molecule has 0 aliphatic carbocycles. The molecule has 0 aliphatic heterocycles. The van der Waals surface area contributed by atoms with E-state index in [0.717, 1.165) is 11.1 Å². The highest BCUT2D eigenvalue weighted by atomic mass is 19.1. The standard InChI is InChI=1S/C20H18FNO4/c1-11-6-4-7-12(2)17(11)22-16(23)10-25-20(24)18-13(3)14-8-5-9-15(21)19(14)26-18/h4-9H,10H2,1-3H3,(H,22,23). The largest absolute Gasteiger partial charge is 0.450 e. The van der Waals surface area contributed by atoms with Gasteiger partial charge in [0, 0.05) is 16.6 Å². The van der Waals surface area contributed by atoms with E-state index in [1.807, 2.05) is 32.0 Å². The smallest absolute Gasteiger partial charge is 0.375 e. The molecule has 5 nitrogen and oxygen atoms in total. The number of hydrogen-bond donors (Lipinski definition) is 1. The Morgan fingerprint density at radius 2 is 1.73 bits per heavy atom. The number of para-hydroxylation sites is 2. The number of carbonyl (C=O) groups excluding carboxylic acids is 2. The minimum absolute atomic E-state index is 0.00284. The van der Waals surface area contributed by atoms with Gasteiger partial charge in [0.25, 0.3) is 5.91 Å². The maximum Gasteiger partial charge on any atom is 0.375 e. The van der Waals surface area contributed by atoms with Crippen molar-refractivity contribution in [2.45, 2.75) is 20.8 Å². The van der Waals surface area contributed by atoms with Gasteiger partial charge in [0.05, 0.1) is 0 Å². The predicted octanol–water partition coefficient (Wildman–Crippen LogP) is 4.29. The Balaban J connectivity index is 1.70. The molecule has 1 N–H and O–H groups in total. The van der Waals surface area contributed by atoms with Crippen molar-refractivity contribution in [1.29, 1.82) is 0 Å². The minimum Gasteiger partial charge on any atom is -0.450 e. The molecule has 1 aromatic heterocycles. The summed E-state index contributed by atoms with van der Waals surface area (Å²) in [5.41, 5.74) is 2.98. The summed E-state index contributed by atoms with van der Waals surface area (Å²) in [7, 11) is 0. The molecule has 0 bridgehead atoms. The number of anilines is 1. The zero-order valence-electron chi connectivity index (χ0n) is 14.7. The van der Waals surface area contributed by atoms with E-state index in [4.69, 9.17) is 9.15 Å². The highest BCUT2D eigenvalue weighted by Gasteiger charge is 2.21. The highest BCUT2D eigenvalue weighted by Crippen LogP contribution is 2.27. The number of amides is 1. The Morgan fingerprint density at radius 1 is 1.08 bits per heavy atom. The van der Waals surface area contributed by atoms with Crippen LogP contribution in [0, 0.1) is 26.6 Å². The molecule has 0 saturated heterocycles. The third-order valence-electron chi connectivity index (χ3n) is 4.18. The molecule has 1 amide bonds. The van der Waals surface area contributed by atoms with Gasteiger partial charge in [-0.25, -0.2) is 9.18 Å². The summed E-state index contributed by atoms with van der Waals surface area (Å²) in [4.78, 5) is 24.3. The second-order valence-electron chi connectivity index (χ2n) is 6.06. The average Bonchev–Trinajstić information content (AvgIpc) is 2.95. The van der Waals surface area contributed by atoms with Crippen molar-refractivity contribution in [2.75, 3.05) is 11.9 Å². The van der Waals surface area contributed by atoms with Gasteiger partial charge in [0.15, 0.2) is 18.0 Å². The second-order valence-corrected chi connectivity index (χ2v) is 6.06. The number of benzene rings is 2. The molecule has 1 heterocycles. The molecule has 0 radical (unpaired) electrons. The number of esters is 1. The lowest BCUT2D eigenvalue weighted by Gasteiger charge is -2.11. The summed E-state index contributed by atoms with van der Waals surface area (Å²) in [5.74, 6) is -1.94. The summed E-state index contributed by atoms with van der Waals surface area (Å²) in [6, 6.07) is 10.1. The average molecular weight is 355 g/mol.